The zero-order chi connectivity index (χ0) is 54.3. The van der Waals surface area contributed by atoms with Crippen molar-refractivity contribution in [3.63, 3.8) is 0 Å². The summed E-state index contributed by atoms with van der Waals surface area (Å²) in [6.45, 7) is 2.66. The molecule has 1 unspecified atom stereocenters. The summed E-state index contributed by atoms with van der Waals surface area (Å²) >= 11 is 0. The molecule has 76 heavy (non-hydrogen) atoms. The van der Waals surface area contributed by atoms with Gasteiger partial charge in [-0.3, -0.25) is 39.0 Å². The summed E-state index contributed by atoms with van der Waals surface area (Å²) in [4.78, 5) is 95.6. The number of carbonyl (C=O) groups is 7. The van der Waals surface area contributed by atoms with Gasteiger partial charge in [0.25, 0.3) is 17.7 Å². The van der Waals surface area contributed by atoms with E-state index < -0.39 is 53.7 Å². The number of methoxy groups -OCH3 is 5. The molecule has 0 spiro atoms. The molecule has 7 rings (SSSR count). The average molecular weight is 1050 g/mol. The molecule has 4 aromatic rings. The Balaban J connectivity index is 0.951. The van der Waals surface area contributed by atoms with E-state index >= 15 is 0 Å². The second-order valence-corrected chi connectivity index (χ2v) is 18.7. The van der Waals surface area contributed by atoms with Crippen LogP contribution in [0.3, 0.4) is 0 Å². The Morgan fingerprint density at radius 1 is 0.724 bits per heavy atom. The SMILES string of the molecule is CC[C@@H](C(=O)N1CCCC[C@@H]1C(=O)O[C@@H](CCc1ccc(OC)c(OC)c1)c1ccccc1OCC(=O)NCCCCCCOc1cccc2c1C(=O)N(C1CCC(=O)NC1=O)C2=O)c1cc(OC)c(OC)c(OC)c1. The number of ether oxygens (including phenoxy) is 8. The first-order chi connectivity index (χ1) is 36.8. The van der Waals surface area contributed by atoms with E-state index in [1.807, 2.05) is 37.3 Å². The summed E-state index contributed by atoms with van der Waals surface area (Å²) < 4.78 is 46.3. The van der Waals surface area contributed by atoms with Gasteiger partial charge in [0.15, 0.2) is 29.6 Å². The first kappa shape index (κ1) is 55.9. The number of benzene rings is 4. The molecule has 406 valence electrons. The quantitative estimate of drug-likeness (QED) is 0.0365. The van der Waals surface area contributed by atoms with Crippen molar-refractivity contribution in [3.05, 3.63) is 101 Å². The molecule has 0 radical (unpaired) electrons. The van der Waals surface area contributed by atoms with Crippen molar-refractivity contribution in [1.29, 1.82) is 0 Å². The number of piperidine rings is 2. The Labute approximate surface area is 442 Å². The molecule has 3 aliphatic heterocycles. The van der Waals surface area contributed by atoms with Crippen LogP contribution in [-0.2, 0) is 35.1 Å². The van der Waals surface area contributed by atoms with Crippen LogP contribution in [0.1, 0.15) is 127 Å². The second kappa shape index (κ2) is 26.6. The van der Waals surface area contributed by atoms with Gasteiger partial charge < -0.3 is 48.1 Å². The zero-order valence-corrected chi connectivity index (χ0v) is 44.1. The van der Waals surface area contributed by atoms with Crippen molar-refractivity contribution in [2.75, 3.05) is 61.9 Å². The highest BCUT2D eigenvalue weighted by Crippen LogP contribution is 2.42. The standard InChI is InChI=1S/C57H68N4O15/c1-7-37(36-32-47(71-4)52(73-6)48(33-36)72-5)54(65)60-29-14-12-19-41(60)57(68)76-43(25-22-35-23-26-44(69-2)46(31-35)70-3)38-17-10-11-20-42(38)75-34-50(63)58-28-13-8-9-15-30-74-45-21-16-18-39-51(45)56(67)61(55(39)66)40-24-27-49(62)59-53(40)64/h10-11,16-18,20-21,23,26,31-33,37,40-41,43H,7-9,12-15,19,22,24-25,27-30,34H2,1-6H3,(H,58,63)(H,59,62,64)/t37-,40?,41-,43+/m1/s1. The predicted octanol–water partition coefficient (Wildman–Crippen LogP) is 7.06. The van der Waals surface area contributed by atoms with Gasteiger partial charge in [0.05, 0.1) is 59.2 Å². The fourth-order valence-electron chi connectivity index (χ4n) is 9.99. The number of para-hydroxylation sites is 1. The maximum atomic E-state index is 14.6. The molecular formula is C57H68N4O15. The largest absolute Gasteiger partial charge is 0.493 e. The summed E-state index contributed by atoms with van der Waals surface area (Å²) in [6.07, 6.45) is 5.19. The lowest BCUT2D eigenvalue weighted by Crippen LogP contribution is -2.54. The number of hydrogen-bond acceptors (Lipinski definition) is 15. The van der Waals surface area contributed by atoms with E-state index in [0.717, 1.165) is 36.1 Å². The summed E-state index contributed by atoms with van der Waals surface area (Å²) in [7, 11) is 7.68. The van der Waals surface area contributed by atoms with Crippen molar-refractivity contribution in [2.24, 2.45) is 0 Å². The summed E-state index contributed by atoms with van der Waals surface area (Å²) in [5.74, 6) is -1.07. The van der Waals surface area contributed by atoms with E-state index in [1.54, 1.807) is 55.5 Å². The fourth-order valence-corrected chi connectivity index (χ4v) is 9.99. The molecule has 19 nitrogen and oxygen atoms in total. The Hall–Kier alpha value is -7.83. The van der Waals surface area contributed by atoms with Crippen molar-refractivity contribution < 1.29 is 71.5 Å². The molecule has 0 saturated carbocycles. The van der Waals surface area contributed by atoms with Crippen LogP contribution in [-0.4, -0.2) is 125 Å². The number of amides is 6. The Morgan fingerprint density at radius 3 is 2.16 bits per heavy atom. The third-order valence-corrected chi connectivity index (χ3v) is 14.0. The first-order valence-electron chi connectivity index (χ1n) is 25.8. The second-order valence-electron chi connectivity index (χ2n) is 18.7. The lowest BCUT2D eigenvalue weighted by atomic mass is 9.91. The predicted molar refractivity (Wildman–Crippen MR) is 277 cm³/mol. The van der Waals surface area contributed by atoms with Gasteiger partial charge >= 0.3 is 5.97 Å². The minimum Gasteiger partial charge on any atom is -0.493 e. The van der Waals surface area contributed by atoms with E-state index in [0.29, 0.717) is 97.2 Å². The number of likely N-dealkylation sites (tertiary alicyclic amines) is 1. The normalized spacial score (nSPS) is 17.0. The first-order valence-corrected chi connectivity index (χ1v) is 25.8. The van der Waals surface area contributed by atoms with Gasteiger partial charge in [0, 0.05) is 25.1 Å². The van der Waals surface area contributed by atoms with Crippen LogP contribution in [0.4, 0.5) is 0 Å². The van der Waals surface area contributed by atoms with Crippen molar-refractivity contribution in [1.82, 2.24) is 20.4 Å². The fraction of sp³-hybridized carbons (Fsp3) is 0.456. The number of nitrogens with zero attached hydrogens (tertiary/aromatic N) is 2. The molecule has 2 fully saturated rings. The van der Waals surface area contributed by atoms with Crippen LogP contribution < -0.4 is 43.8 Å². The highest BCUT2D eigenvalue weighted by molar-refractivity contribution is 6.24. The molecule has 3 aliphatic rings. The molecule has 4 atom stereocenters. The van der Waals surface area contributed by atoms with E-state index in [4.69, 9.17) is 37.9 Å². The number of unbranched alkanes of at least 4 members (excludes halogenated alkanes) is 3. The third-order valence-electron chi connectivity index (χ3n) is 14.0. The highest BCUT2D eigenvalue weighted by atomic mass is 16.6. The van der Waals surface area contributed by atoms with E-state index in [9.17, 15) is 33.6 Å². The van der Waals surface area contributed by atoms with E-state index in [1.165, 1.54) is 27.4 Å². The van der Waals surface area contributed by atoms with Crippen LogP contribution in [0, 0.1) is 0 Å². The Bertz CT molecular complexity index is 2740. The van der Waals surface area contributed by atoms with Crippen molar-refractivity contribution in [2.45, 2.75) is 108 Å². The molecule has 0 aliphatic carbocycles. The van der Waals surface area contributed by atoms with Gasteiger partial charge in [-0.2, -0.15) is 0 Å². The molecule has 0 aromatic heterocycles. The average Bonchev–Trinajstić information content (AvgIpc) is 3.70. The molecular weight excluding hydrogens is 981 g/mol. The number of nitrogens with one attached hydrogen (secondary N) is 2. The van der Waals surface area contributed by atoms with Gasteiger partial charge in [-0.25, -0.2) is 4.79 Å². The van der Waals surface area contributed by atoms with Crippen LogP contribution in [0.25, 0.3) is 0 Å². The molecule has 2 N–H and O–H groups in total. The van der Waals surface area contributed by atoms with Crippen LogP contribution in [0.5, 0.6) is 40.2 Å². The lowest BCUT2D eigenvalue weighted by Gasteiger charge is -2.37. The van der Waals surface area contributed by atoms with Crippen LogP contribution >= 0.6 is 0 Å². The molecule has 0 bridgehead atoms. The maximum Gasteiger partial charge on any atom is 0.329 e. The lowest BCUT2D eigenvalue weighted by molar-refractivity contribution is -0.162. The van der Waals surface area contributed by atoms with Gasteiger partial charge in [0.2, 0.25) is 23.5 Å². The third kappa shape index (κ3) is 13.0. The smallest absolute Gasteiger partial charge is 0.329 e. The maximum absolute atomic E-state index is 14.6. The number of rotatable bonds is 26. The van der Waals surface area contributed by atoms with Gasteiger partial charge in [-0.15, -0.1) is 0 Å². The van der Waals surface area contributed by atoms with Crippen molar-refractivity contribution >= 4 is 41.4 Å². The number of imide groups is 2. The van der Waals surface area contributed by atoms with Gasteiger partial charge in [-0.1, -0.05) is 50.1 Å². The minimum absolute atomic E-state index is 0.0272. The van der Waals surface area contributed by atoms with Crippen LogP contribution in [0.2, 0.25) is 0 Å². The highest BCUT2D eigenvalue weighted by Gasteiger charge is 2.46. The van der Waals surface area contributed by atoms with E-state index in [-0.39, 0.29) is 54.7 Å². The van der Waals surface area contributed by atoms with Crippen molar-refractivity contribution in [3.8, 4) is 40.2 Å². The van der Waals surface area contributed by atoms with Gasteiger partial charge in [0.1, 0.15) is 29.7 Å². The molecule has 4 aromatic carbocycles. The monoisotopic (exact) mass is 1050 g/mol. The molecule has 3 heterocycles. The molecule has 6 amide bonds. The number of esters is 1. The summed E-state index contributed by atoms with van der Waals surface area (Å²) in [6, 6.07) is 19.1. The van der Waals surface area contributed by atoms with Gasteiger partial charge in [-0.05, 0) is 111 Å². The topological polar surface area (TPSA) is 224 Å². The Kier molecular flexibility index (Phi) is 19.6. The number of fused-ring (bicyclic) bond motifs is 1. The number of hydrogen-bond donors (Lipinski definition) is 2. The number of carbonyl (C=O) groups excluding carboxylic acids is 7. The summed E-state index contributed by atoms with van der Waals surface area (Å²) in [5, 5.41) is 5.11. The van der Waals surface area contributed by atoms with E-state index in [2.05, 4.69) is 10.6 Å². The van der Waals surface area contributed by atoms with Crippen LogP contribution in [0.15, 0.2) is 72.8 Å². The minimum atomic E-state index is -1.07. The zero-order valence-electron chi connectivity index (χ0n) is 44.1. The Morgan fingerprint density at radius 2 is 1.45 bits per heavy atom. The summed E-state index contributed by atoms with van der Waals surface area (Å²) in [5.41, 5.74) is 2.39. The molecule has 2 saturated heterocycles. The molecule has 19 heteroatoms. The number of aryl methyl sites for hydroxylation is 1.